The molecule has 0 aromatic carbocycles. The van der Waals surface area contributed by atoms with Crippen molar-refractivity contribution in [3.05, 3.63) is 23.2 Å². The number of carbonyl (C=O) groups is 2. The molecular weight excluding hydrogens is 516 g/mol. The predicted molar refractivity (Wildman–Crippen MR) is 113 cm³/mol. The summed E-state index contributed by atoms with van der Waals surface area (Å²) in [6.07, 6.45) is -12.5. The number of hydrogen-bond donors (Lipinski definition) is 3. The van der Waals surface area contributed by atoms with Gasteiger partial charge in [-0.05, 0) is 46.1 Å². The Kier molecular flexibility index (Phi) is 7.45. The van der Waals surface area contributed by atoms with Crippen molar-refractivity contribution in [2.24, 2.45) is 0 Å². The van der Waals surface area contributed by atoms with Gasteiger partial charge in [-0.25, -0.2) is 9.78 Å². The zero-order chi connectivity index (χ0) is 27.8. The number of carbonyl (C=O) groups excluding carboxylic acids is 2. The Hall–Kier alpha value is -3.43. The summed E-state index contributed by atoms with van der Waals surface area (Å²) in [7, 11) is 0. The van der Waals surface area contributed by atoms with Gasteiger partial charge in [-0.15, -0.1) is 10.2 Å². The van der Waals surface area contributed by atoms with Crippen LogP contribution < -0.4 is 10.6 Å². The fraction of sp³-hybridized carbons (Fsp3) is 0.571. The molecule has 0 fully saturated rings. The molecule has 4 bridgehead atoms. The monoisotopic (exact) mass is 539 g/mol. The Bertz CT molecular complexity index is 1170. The molecular formula is C21H23F6N5O5. The number of fused-ring (bicyclic) bond motifs is 5. The summed E-state index contributed by atoms with van der Waals surface area (Å²) in [5, 5.41) is 21.4. The molecule has 0 saturated heterocycles. The van der Waals surface area contributed by atoms with Gasteiger partial charge in [0.25, 0.3) is 17.7 Å². The standard InChI is InChI=1S/C21H23F6N5O5/c1-18(2,3)37-17(34)29-11-9-10(20(22,23)24)12-14(33)28-8-6-4-5-7-19(35,21(25,26)27)16-32-31-15(36-16)13(11)30-12/h9,35H,4-8H2,1-3H3,(H,28,33)(H,29,34). The maximum absolute atomic E-state index is 13.8. The second kappa shape index (κ2) is 9.79. The maximum Gasteiger partial charge on any atom is 0.426 e. The number of rotatable bonds is 1. The molecule has 2 amide bonds. The van der Waals surface area contributed by atoms with Crippen LogP contribution in [0.5, 0.6) is 0 Å². The Labute approximate surface area is 205 Å². The Morgan fingerprint density at radius 3 is 2.38 bits per heavy atom. The van der Waals surface area contributed by atoms with Crippen LogP contribution in [0.2, 0.25) is 0 Å². The Morgan fingerprint density at radius 2 is 1.78 bits per heavy atom. The van der Waals surface area contributed by atoms with Gasteiger partial charge in [0.05, 0.1) is 11.3 Å². The van der Waals surface area contributed by atoms with E-state index in [1.54, 1.807) is 0 Å². The van der Waals surface area contributed by atoms with Gasteiger partial charge in [0.1, 0.15) is 11.3 Å². The lowest BCUT2D eigenvalue weighted by Gasteiger charge is -2.27. The largest absolute Gasteiger partial charge is 0.444 e. The molecule has 2 aromatic rings. The fourth-order valence-electron chi connectivity index (χ4n) is 3.40. The van der Waals surface area contributed by atoms with E-state index in [1.807, 2.05) is 5.32 Å². The van der Waals surface area contributed by atoms with Crippen molar-refractivity contribution >= 4 is 17.7 Å². The number of nitrogens with zero attached hydrogens (tertiary/aromatic N) is 3. The summed E-state index contributed by atoms with van der Waals surface area (Å²) < 4.78 is 92.9. The third kappa shape index (κ3) is 6.29. The molecule has 0 saturated carbocycles. The van der Waals surface area contributed by atoms with Gasteiger partial charge in [0, 0.05) is 6.54 Å². The average Bonchev–Trinajstić information content (AvgIpc) is 3.22. The normalized spacial score (nSPS) is 19.6. The molecule has 1 unspecified atom stereocenters. The number of nitrogens with one attached hydrogen (secondary N) is 2. The van der Waals surface area contributed by atoms with Crippen molar-refractivity contribution in [2.45, 2.75) is 70.0 Å². The van der Waals surface area contributed by atoms with E-state index in [1.165, 1.54) is 20.8 Å². The first-order valence-corrected chi connectivity index (χ1v) is 11.0. The quantitative estimate of drug-likeness (QED) is 0.449. The number of halogens is 6. The molecule has 1 aliphatic heterocycles. The van der Waals surface area contributed by atoms with Crippen molar-refractivity contribution in [1.29, 1.82) is 0 Å². The van der Waals surface area contributed by atoms with E-state index in [0.717, 1.165) is 0 Å². The highest BCUT2D eigenvalue weighted by Gasteiger charge is 2.58. The molecule has 37 heavy (non-hydrogen) atoms. The predicted octanol–water partition coefficient (Wildman–Crippen LogP) is 4.55. The lowest BCUT2D eigenvalue weighted by molar-refractivity contribution is -0.277. The molecule has 3 heterocycles. The van der Waals surface area contributed by atoms with Gasteiger partial charge in [-0.1, -0.05) is 6.42 Å². The highest BCUT2D eigenvalue weighted by molar-refractivity contribution is 5.97. The number of ether oxygens (including phenoxy) is 1. The van der Waals surface area contributed by atoms with Crippen LogP contribution >= 0.6 is 0 Å². The third-order valence-corrected chi connectivity index (χ3v) is 5.13. The minimum atomic E-state index is -5.24. The van der Waals surface area contributed by atoms with Gasteiger partial charge in [-0.3, -0.25) is 10.1 Å². The second-order valence-electron chi connectivity index (χ2n) is 9.24. The highest BCUT2D eigenvalue weighted by atomic mass is 19.4. The van der Waals surface area contributed by atoms with E-state index in [-0.39, 0.29) is 25.8 Å². The van der Waals surface area contributed by atoms with Gasteiger partial charge in [0.15, 0.2) is 5.69 Å². The highest BCUT2D eigenvalue weighted by Crippen LogP contribution is 2.44. The van der Waals surface area contributed by atoms with Crippen LogP contribution in [-0.2, 0) is 16.5 Å². The van der Waals surface area contributed by atoms with Gasteiger partial charge < -0.3 is 19.6 Å². The molecule has 204 valence electrons. The number of hydrogen-bond acceptors (Lipinski definition) is 8. The van der Waals surface area contributed by atoms with E-state index in [2.05, 4.69) is 20.5 Å². The fourth-order valence-corrected chi connectivity index (χ4v) is 3.40. The van der Waals surface area contributed by atoms with Crippen LogP contribution in [0.25, 0.3) is 11.6 Å². The molecule has 2 aromatic heterocycles. The van der Waals surface area contributed by atoms with Crippen LogP contribution in [-0.4, -0.2) is 50.6 Å². The maximum atomic E-state index is 13.8. The van der Waals surface area contributed by atoms with Gasteiger partial charge in [0.2, 0.25) is 5.60 Å². The summed E-state index contributed by atoms with van der Waals surface area (Å²) in [6, 6.07) is 0.354. The van der Waals surface area contributed by atoms with E-state index in [0.29, 0.717) is 6.07 Å². The summed E-state index contributed by atoms with van der Waals surface area (Å²) in [6.45, 7) is 4.26. The Morgan fingerprint density at radius 1 is 1.11 bits per heavy atom. The summed E-state index contributed by atoms with van der Waals surface area (Å²) in [5.41, 5.74) is -8.79. The first-order valence-electron chi connectivity index (χ1n) is 11.0. The molecule has 1 aliphatic rings. The van der Waals surface area contributed by atoms with Gasteiger partial charge in [-0.2, -0.15) is 26.3 Å². The molecule has 3 rings (SSSR count). The number of aliphatic hydroxyl groups is 1. The topological polar surface area (TPSA) is 139 Å². The number of aromatic nitrogens is 3. The van der Waals surface area contributed by atoms with Crippen molar-refractivity contribution < 1.29 is 50.2 Å². The van der Waals surface area contributed by atoms with Crippen molar-refractivity contribution in [3.63, 3.8) is 0 Å². The smallest absolute Gasteiger partial charge is 0.426 e. The van der Waals surface area contributed by atoms with E-state index in [9.17, 15) is 41.0 Å². The van der Waals surface area contributed by atoms with Gasteiger partial charge >= 0.3 is 18.4 Å². The molecule has 0 spiro atoms. The van der Waals surface area contributed by atoms with Crippen LogP contribution in [0.15, 0.2) is 10.5 Å². The lowest BCUT2D eigenvalue weighted by atomic mass is 9.95. The number of anilines is 1. The SMILES string of the molecule is CC(C)(C)OC(=O)Nc1cc(C(F)(F)F)c2nc1-c1nnc(o1)C(O)(C(F)(F)F)CCCCCNC2=O. The molecule has 10 nitrogen and oxygen atoms in total. The molecule has 16 heteroatoms. The lowest BCUT2D eigenvalue weighted by Crippen LogP contribution is -2.42. The number of pyridine rings is 1. The van der Waals surface area contributed by atoms with Crippen molar-refractivity contribution in [2.75, 3.05) is 11.9 Å². The van der Waals surface area contributed by atoms with Crippen molar-refractivity contribution in [1.82, 2.24) is 20.5 Å². The minimum Gasteiger partial charge on any atom is -0.444 e. The van der Waals surface area contributed by atoms with E-state index < -0.39 is 76.4 Å². The Balaban J connectivity index is 2.25. The van der Waals surface area contributed by atoms with Crippen LogP contribution in [0.3, 0.4) is 0 Å². The third-order valence-electron chi connectivity index (χ3n) is 5.13. The number of alkyl halides is 6. The summed E-state index contributed by atoms with van der Waals surface area (Å²) in [5.74, 6) is -3.38. The van der Waals surface area contributed by atoms with Crippen molar-refractivity contribution in [3.8, 4) is 11.6 Å². The summed E-state index contributed by atoms with van der Waals surface area (Å²) in [4.78, 5) is 28.5. The van der Waals surface area contributed by atoms with Crippen LogP contribution in [0.4, 0.5) is 36.8 Å². The second-order valence-corrected chi connectivity index (χ2v) is 9.24. The molecule has 0 aliphatic carbocycles. The average molecular weight is 539 g/mol. The summed E-state index contributed by atoms with van der Waals surface area (Å²) >= 11 is 0. The minimum absolute atomic E-state index is 0.0865. The van der Waals surface area contributed by atoms with E-state index >= 15 is 0 Å². The first-order chi connectivity index (χ1) is 16.9. The molecule has 1 atom stereocenters. The molecule has 3 N–H and O–H groups in total. The first kappa shape index (κ1) is 28.1. The number of amides is 2. The van der Waals surface area contributed by atoms with E-state index in [4.69, 9.17) is 9.15 Å². The van der Waals surface area contributed by atoms with Crippen LogP contribution in [0.1, 0.15) is 68.4 Å². The zero-order valence-corrected chi connectivity index (χ0v) is 19.8. The molecule has 0 radical (unpaired) electrons. The van der Waals surface area contributed by atoms with Crippen LogP contribution in [0, 0.1) is 0 Å². The zero-order valence-electron chi connectivity index (χ0n) is 19.8.